The maximum Gasteiger partial charge on any atom is 0.231 e. The van der Waals surface area contributed by atoms with E-state index in [1.165, 1.54) is 5.56 Å². The van der Waals surface area contributed by atoms with Gasteiger partial charge in [-0.15, -0.1) is 0 Å². The van der Waals surface area contributed by atoms with E-state index in [2.05, 4.69) is 30.0 Å². The van der Waals surface area contributed by atoms with Crippen LogP contribution in [0.2, 0.25) is 0 Å². The van der Waals surface area contributed by atoms with Gasteiger partial charge in [-0.3, -0.25) is 4.90 Å². The molecule has 26 heavy (non-hydrogen) atoms. The first-order valence-corrected chi connectivity index (χ1v) is 9.21. The number of morpholine rings is 1. The Morgan fingerprint density at radius 1 is 1.00 bits per heavy atom. The number of fused-ring (bicyclic) bond motifs is 1. The summed E-state index contributed by atoms with van der Waals surface area (Å²) in [7, 11) is 0. The third kappa shape index (κ3) is 4.11. The van der Waals surface area contributed by atoms with Crippen LogP contribution in [0.1, 0.15) is 23.7 Å². The molecule has 0 radical (unpaired) electrons. The number of nitrogens with zero attached hydrogens (tertiary/aromatic N) is 1. The topological polar surface area (TPSA) is 40.2 Å². The zero-order valence-corrected chi connectivity index (χ0v) is 15.1. The first kappa shape index (κ1) is 17.2. The van der Waals surface area contributed by atoms with Crippen molar-refractivity contribution in [2.45, 2.75) is 19.4 Å². The van der Waals surface area contributed by atoms with Gasteiger partial charge in [0.25, 0.3) is 0 Å². The van der Waals surface area contributed by atoms with E-state index in [-0.39, 0.29) is 12.9 Å². The standard InChI is InChI=1S/C21H25NO4/c1-16-2-5-18(6-3-16)26-19(8-9-22-10-12-23-13-11-22)17-4-7-20-21(14-17)25-15-24-20/h2-7,14,19H,8-13,15H2,1H3. The fourth-order valence-electron chi connectivity index (χ4n) is 3.31. The van der Waals surface area contributed by atoms with Crippen molar-refractivity contribution in [3.63, 3.8) is 0 Å². The van der Waals surface area contributed by atoms with Gasteiger partial charge in [0.2, 0.25) is 6.79 Å². The fraction of sp³-hybridized carbons (Fsp3) is 0.429. The van der Waals surface area contributed by atoms with Crippen LogP contribution in [0.25, 0.3) is 0 Å². The quantitative estimate of drug-likeness (QED) is 0.792. The van der Waals surface area contributed by atoms with E-state index in [9.17, 15) is 0 Å². The van der Waals surface area contributed by atoms with Crippen LogP contribution in [0.15, 0.2) is 42.5 Å². The Balaban J connectivity index is 1.50. The van der Waals surface area contributed by atoms with E-state index < -0.39 is 0 Å². The molecule has 2 aliphatic rings. The lowest BCUT2D eigenvalue weighted by molar-refractivity contribution is 0.0317. The molecule has 0 amide bonds. The summed E-state index contributed by atoms with van der Waals surface area (Å²) in [6.07, 6.45) is 0.878. The number of hydrogen-bond donors (Lipinski definition) is 0. The Morgan fingerprint density at radius 3 is 2.58 bits per heavy atom. The van der Waals surface area contributed by atoms with Crippen molar-refractivity contribution in [1.82, 2.24) is 4.90 Å². The SMILES string of the molecule is Cc1ccc(OC(CCN2CCOCC2)c2ccc3c(c2)OCO3)cc1. The zero-order valence-electron chi connectivity index (χ0n) is 15.1. The molecule has 2 aliphatic heterocycles. The van der Waals surface area contributed by atoms with Gasteiger partial charge in [-0.05, 0) is 36.8 Å². The third-order valence-corrected chi connectivity index (χ3v) is 4.88. The molecule has 0 N–H and O–H groups in total. The van der Waals surface area contributed by atoms with Gasteiger partial charge in [-0.2, -0.15) is 0 Å². The summed E-state index contributed by atoms with van der Waals surface area (Å²) in [4.78, 5) is 2.43. The van der Waals surface area contributed by atoms with Crippen LogP contribution in [0.5, 0.6) is 17.2 Å². The molecule has 4 rings (SSSR count). The highest BCUT2D eigenvalue weighted by atomic mass is 16.7. The van der Waals surface area contributed by atoms with Gasteiger partial charge in [0.15, 0.2) is 11.5 Å². The first-order valence-electron chi connectivity index (χ1n) is 9.21. The summed E-state index contributed by atoms with van der Waals surface area (Å²) in [6.45, 7) is 6.94. The molecule has 0 aliphatic carbocycles. The smallest absolute Gasteiger partial charge is 0.231 e. The molecule has 1 saturated heterocycles. The molecule has 1 fully saturated rings. The second kappa shape index (κ2) is 7.98. The second-order valence-electron chi connectivity index (χ2n) is 6.77. The number of rotatable bonds is 6. The molecular weight excluding hydrogens is 330 g/mol. The van der Waals surface area contributed by atoms with Crippen molar-refractivity contribution in [3.8, 4) is 17.2 Å². The lowest BCUT2D eigenvalue weighted by Crippen LogP contribution is -2.37. The van der Waals surface area contributed by atoms with Crippen LogP contribution >= 0.6 is 0 Å². The highest BCUT2D eigenvalue weighted by molar-refractivity contribution is 5.45. The van der Waals surface area contributed by atoms with Gasteiger partial charge in [0.1, 0.15) is 11.9 Å². The van der Waals surface area contributed by atoms with Gasteiger partial charge in [0, 0.05) is 26.1 Å². The van der Waals surface area contributed by atoms with E-state index in [0.29, 0.717) is 0 Å². The summed E-state index contributed by atoms with van der Waals surface area (Å²) < 4.78 is 22.8. The number of benzene rings is 2. The molecule has 0 saturated carbocycles. The van der Waals surface area contributed by atoms with Crippen molar-refractivity contribution in [2.24, 2.45) is 0 Å². The number of aryl methyl sites for hydroxylation is 1. The van der Waals surface area contributed by atoms with Crippen molar-refractivity contribution in [2.75, 3.05) is 39.6 Å². The summed E-state index contributed by atoms with van der Waals surface area (Å²) in [6, 6.07) is 14.3. The van der Waals surface area contributed by atoms with Gasteiger partial charge in [-0.1, -0.05) is 23.8 Å². The van der Waals surface area contributed by atoms with Crippen molar-refractivity contribution < 1.29 is 18.9 Å². The molecule has 0 bridgehead atoms. The summed E-state index contributed by atoms with van der Waals surface area (Å²) in [5, 5.41) is 0. The highest BCUT2D eigenvalue weighted by Crippen LogP contribution is 2.36. The molecule has 5 heteroatoms. The first-order chi connectivity index (χ1) is 12.8. The van der Waals surface area contributed by atoms with Crippen molar-refractivity contribution in [3.05, 3.63) is 53.6 Å². The Bertz CT molecular complexity index is 725. The largest absolute Gasteiger partial charge is 0.486 e. The molecule has 0 spiro atoms. The van der Waals surface area contributed by atoms with Crippen LogP contribution in [0, 0.1) is 6.92 Å². The zero-order chi connectivity index (χ0) is 17.8. The summed E-state index contributed by atoms with van der Waals surface area (Å²) in [5.74, 6) is 2.49. The van der Waals surface area contributed by atoms with Crippen LogP contribution in [0.3, 0.4) is 0 Å². The lowest BCUT2D eigenvalue weighted by Gasteiger charge is -2.28. The highest BCUT2D eigenvalue weighted by Gasteiger charge is 2.21. The van der Waals surface area contributed by atoms with Crippen LogP contribution in [0.4, 0.5) is 0 Å². The van der Waals surface area contributed by atoms with Crippen LogP contribution < -0.4 is 14.2 Å². The summed E-state index contributed by atoms with van der Waals surface area (Å²) >= 11 is 0. The number of ether oxygens (including phenoxy) is 4. The predicted octanol–water partition coefficient (Wildman–Crippen LogP) is 3.57. The Morgan fingerprint density at radius 2 is 1.77 bits per heavy atom. The average molecular weight is 355 g/mol. The molecule has 138 valence electrons. The maximum absolute atomic E-state index is 6.35. The van der Waals surface area contributed by atoms with E-state index in [0.717, 1.165) is 62.1 Å². The number of hydrogen-bond acceptors (Lipinski definition) is 5. The van der Waals surface area contributed by atoms with Crippen LogP contribution in [-0.4, -0.2) is 44.5 Å². The predicted molar refractivity (Wildman–Crippen MR) is 99.0 cm³/mol. The van der Waals surface area contributed by atoms with Gasteiger partial charge in [-0.25, -0.2) is 0 Å². The molecule has 2 heterocycles. The van der Waals surface area contributed by atoms with Gasteiger partial charge < -0.3 is 18.9 Å². The molecular formula is C21H25NO4. The van der Waals surface area contributed by atoms with E-state index in [1.807, 2.05) is 24.3 Å². The minimum absolute atomic E-state index is 0.0324. The molecule has 1 atom stereocenters. The third-order valence-electron chi connectivity index (χ3n) is 4.88. The van der Waals surface area contributed by atoms with Crippen LogP contribution in [-0.2, 0) is 4.74 Å². The molecule has 2 aromatic rings. The Kier molecular flexibility index (Phi) is 5.27. The maximum atomic E-state index is 6.35. The lowest BCUT2D eigenvalue weighted by atomic mass is 10.0. The monoisotopic (exact) mass is 355 g/mol. The van der Waals surface area contributed by atoms with E-state index >= 15 is 0 Å². The average Bonchev–Trinajstić information content (AvgIpc) is 3.15. The Hall–Kier alpha value is -2.24. The fourth-order valence-corrected chi connectivity index (χ4v) is 3.31. The van der Waals surface area contributed by atoms with Crippen molar-refractivity contribution in [1.29, 1.82) is 0 Å². The van der Waals surface area contributed by atoms with Gasteiger partial charge >= 0.3 is 0 Å². The molecule has 2 aromatic carbocycles. The molecule has 1 unspecified atom stereocenters. The van der Waals surface area contributed by atoms with E-state index in [1.54, 1.807) is 0 Å². The van der Waals surface area contributed by atoms with Gasteiger partial charge in [0.05, 0.1) is 13.2 Å². The normalized spacial score (nSPS) is 17.9. The molecule has 0 aromatic heterocycles. The Labute approximate surface area is 154 Å². The second-order valence-corrected chi connectivity index (χ2v) is 6.77. The van der Waals surface area contributed by atoms with E-state index in [4.69, 9.17) is 18.9 Å². The minimum Gasteiger partial charge on any atom is -0.486 e. The van der Waals surface area contributed by atoms with Crippen molar-refractivity contribution >= 4 is 0 Å². The summed E-state index contributed by atoms with van der Waals surface area (Å²) in [5.41, 5.74) is 2.34. The minimum atomic E-state index is -0.0324. The molecule has 5 nitrogen and oxygen atoms in total.